The van der Waals surface area contributed by atoms with E-state index in [-0.39, 0.29) is 18.6 Å². The van der Waals surface area contributed by atoms with Gasteiger partial charge in [-0.15, -0.1) is 0 Å². The molecule has 0 aliphatic carbocycles. The molecule has 0 aromatic carbocycles. The van der Waals surface area contributed by atoms with Crippen molar-refractivity contribution < 1.29 is 15.0 Å². The second-order valence-electron chi connectivity index (χ2n) is 1.77. The molecule has 0 heterocycles. The van der Waals surface area contributed by atoms with Crippen LogP contribution in [-0.2, 0) is 4.79 Å². The van der Waals surface area contributed by atoms with E-state index in [0.717, 1.165) is 0 Å². The van der Waals surface area contributed by atoms with Gasteiger partial charge in [-0.05, 0) is 6.42 Å². The maximum atomic E-state index is 10.1. The van der Waals surface area contributed by atoms with Gasteiger partial charge in [0.2, 0.25) is 0 Å². The van der Waals surface area contributed by atoms with E-state index >= 15 is 0 Å². The highest BCUT2D eigenvalue weighted by atomic mass is 16.4. The van der Waals surface area contributed by atoms with Crippen molar-refractivity contribution in [1.82, 2.24) is 0 Å². The molecular weight excluding hydrogens is 132 g/mol. The largest absolute Gasteiger partial charge is 0.478 e. The van der Waals surface area contributed by atoms with Crippen LogP contribution in [0.1, 0.15) is 6.42 Å². The van der Waals surface area contributed by atoms with Crippen LogP contribution in [0.25, 0.3) is 0 Å². The lowest BCUT2D eigenvalue weighted by molar-refractivity contribution is -0.132. The standard InChI is InChI=1S/C7H10O3/c1-6(7(9)10)4-2-3-5-8/h2-3,8H,1,4-5H2,(H,9,10). The number of carboxylic acid groups (broad SMARTS) is 1. The Balaban J connectivity index is 3.60. The van der Waals surface area contributed by atoms with E-state index in [9.17, 15) is 4.79 Å². The van der Waals surface area contributed by atoms with Gasteiger partial charge in [0.25, 0.3) is 0 Å². The van der Waals surface area contributed by atoms with Crippen molar-refractivity contribution in [3.63, 3.8) is 0 Å². The second-order valence-corrected chi connectivity index (χ2v) is 1.77. The molecule has 0 atom stereocenters. The average molecular weight is 142 g/mol. The second kappa shape index (κ2) is 4.76. The van der Waals surface area contributed by atoms with Gasteiger partial charge in [0, 0.05) is 5.57 Å². The monoisotopic (exact) mass is 142 g/mol. The van der Waals surface area contributed by atoms with E-state index in [1.165, 1.54) is 6.08 Å². The van der Waals surface area contributed by atoms with E-state index in [2.05, 4.69) is 6.58 Å². The summed E-state index contributed by atoms with van der Waals surface area (Å²) >= 11 is 0. The third-order valence-corrected chi connectivity index (χ3v) is 0.939. The molecule has 56 valence electrons. The first-order chi connectivity index (χ1) is 4.68. The Morgan fingerprint density at radius 2 is 2.10 bits per heavy atom. The molecule has 0 rings (SSSR count). The summed E-state index contributed by atoms with van der Waals surface area (Å²) < 4.78 is 0. The number of aliphatic hydroxyl groups excluding tert-OH is 1. The zero-order valence-corrected chi connectivity index (χ0v) is 5.58. The fourth-order valence-corrected chi connectivity index (χ4v) is 0.387. The lowest BCUT2D eigenvalue weighted by atomic mass is 10.2. The average Bonchev–Trinajstić information content (AvgIpc) is 1.88. The van der Waals surface area contributed by atoms with Crippen LogP contribution in [0, 0.1) is 0 Å². The van der Waals surface area contributed by atoms with Crippen molar-refractivity contribution in [3.8, 4) is 0 Å². The van der Waals surface area contributed by atoms with Crippen LogP contribution in [0.15, 0.2) is 24.3 Å². The van der Waals surface area contributed by atoms with Gasteiger partial charge in [0.05, 0.1) is 6.61 Å². The summed E-state index contributed by atoms with van der Waals surface area (Å²) in [6.45, 7) is 3.23. The molecular formula is C7H10O3. The molecule has 0 aromatic rings. The molecule has 0 saturated heterocycles. The molecule has 2 N–H and O–H groups in total. The maximum Gasteiger partial charge on any atom is 0.331 e. The molecule has 0 aliphatic heterocycles. The molecule has 3 nitrogen and oxygen atoms in total. The molecule has 0 fully saturated rings. The number of aliphatic hydroxyl groups is 1. The third kappa shape index (κ3) is 3.86. The lowest BCUT2D eigenvalue weighted by Gasteiger charge is -1.91. The Hall–Kier alpha value is -1.09. The Kier molecular flexibility index (Phi) is 4.24. The predicted molar refractivity (Wildman–Crippen MR) is 37.6 cm³/mol. The van der Waals surface area contributed by atoms with Gasteiger partial charge >= 0.3 is 5.97 Å². The summed E-state index contributed by atoms with van der Waals surface area (Å²) in [5.74, 6) is -0.998. The molecule has 0 spiro atoms. The Morgan fingerprint density at radius 1 is 1.50 bits per heavy atom. The molecule has 0 unspecified atom stereocenters. The molecule has 0 radical (unpaired) electrons. The first kappa shape index (κ1) is 8.91. The highest BCUT2D eigenvalue weighted by Gasteiger charge is 1.98. The highest BCUT2D eigenvalue weighted by Crippen LogP contribution is 1.97. The Labute approximate surface area is 59.3 Å². The first-order valence-corrected chi connectivity index (χ1v) is 2.85. The zero-order chi connectivity index (χ0) is 7.98. The van der Waals surface area contributed by atoms with Gasteiger partial charge in [0.1, 0.15) is 0 Å². The van der Waals surface area contributed by atoms with Gasteiger partial charge in [0.15, 0.2) is 0 Å². The molecule has 0 saturated carbocycles. The molecule has 0 bridgehead atoms. The van der Waals surface area contributed by atoms with Gasteiger partial charge in [-0.25, -0.2) is 4.79 Å². The lowest BCUT2D eigenvalue weighted by Crippen LogP contribution is -1.96. The minimum absolute atomic E-state index is 0.0626. The van der Waals surface area contributed by atoms with Gasteiger partial charge in [-0.3, -0.25) is 0 Å². The number of carbonyl (C=O) groups is 1. The normalized spacial score (nSPS) is 10.1. The van der Waals surface area contributed by atoms with Gasteiger partial charge in [-0.1, -0.05) is 18.7 Å². The van der Waals surface area contributed by atoms with E-state index in [1.807, 2.05) is 0 Å². The number of aliphatic carboxylic acids is 1. The van der Waals surface area contributed by atoms with Crippen LogP contribution < -0.4 is 0 Å². The van der Waals surface area contributed by atoms with Crippen molar-refractivity contribution >= 4 is 5.97 Å². The van der Waals surface area contributed by atoms with Crippen LogP contribution in [0.4, 0.5) is 0 Å². The quantitative estimate of drug-likeness (QED) is 0.445. The molecule has 0 aliphatic rings. The summed E-state index contributed by atoms with van der Waals surface area (Å²) in [5, 5.41) is 16.5. The van der Waals surface area contributed by atoms with Crippen LogP contribution in [0.5, 0.6) is 0 Å². The van der Waals surface area contributed by atoms with Crippen molar-refractivity contribution in [1.29, 1.82) is 0 Å². The first-order valence-electron chi connectivity index (χ1n) is 2.85. The van der Waals surface area contributed by atoms with Crippen molar-refractivity contribution in [2.24, 2.45) is 0 Å². The van der Waals surface area contributed by atoms with E-state index in [4.69, 9.17) is 10.2 Å². The number of rotatable bonds is 4. The van der Waals surface area contributed by atoms with E-state index in [1.54, 1.807) is 6.08 Å². The van der Waals surface area contributed by atoms with Crippen molar-refractivity contribution in [3.05, 3.63) is 24.3 Å². The van der Waals surface area contributed by atoms with Crippen LogP contribution in [0.3, 0.4) is 0 Å². The summed E-state index contributed by atoms with van der Waals surface area (Å²) in [6.07, 6.45) is 3.33. The molecule has 3 heteroatoms. The minimum Gasteiger partial charge on any atom is -0.478 e. The minimum atomic E-state index is -0.998. The summed E-state index contributed by atoms with van der Waals surface area (Å²) in [4.78, 5) is 10.1. The third-order valence-electron chi connectivity index (χ3n) is 0.939. The van der Waals surface area contributed by atoms with Crippen molar-refractivity contribution in [2.75, 3.05) is 6.61 Å². The van der Waals surface area contributed by atoms with Crippen LogP contribution >= 0.6 is 0 Å². The number of hydrogen-bond donors (Lipinski definition) is 2. The van der Waals surface area contributed by atoms with Gasteiger partial charge < -0.3 is 10.2 Å². The number of carboxylic acids is 1. The molecule has 0 amide bonds. The van der Waals surface area contributed by atoms with Crippen LogP contribution in [-0.4, -0.2) is 22.8 Å². The fraction of sp³-hybridized carbons (Fsp3) is 0.286. The van der Waals surface area contributed by atoms with Crippen LogP contribution in [0.2, 0.25) is 0 Å². The zero-order valence-electron chi connectivity index (χ0n) is 5.58. The molecule has 0 aromatic heterocycles. The van der Waals surface area contributed by atoms with E-state index < -0.39 is 5.97 Å². The summed E-state index contributed by atoms with van der Waals surface area (Å²) in [6, 6.07) is 0. The maximum absolute atomic E-state index is 10.1. The fourth-order valence-electron chi connectivity index (χ4n) is 0.387. The topological polar surface area (TPSA) is 57.5 Å². The summed E-state index contributed by atoms with van der Waals surface area (Å²) in [7, 11) is 0. The highest BCUT2D eigenvalue weighted by molar-refractivity contribution is 5.85. The molecule has 10 heavy (non-hydrogen) atoms. The number of hydrogen-bond acceptors (Lipinski definition) is 2. The smallest absolute Gasteiger partial charge is 0.331 e. The predicted octanol–water partition coefficient (Wildman–Crippen LogP) is 0.566. The Morgan fingerprint density at radius 3 is 2.50 bits per heavy atom. The summed E-state index contributed by atoms with van der Waals surface area (Å²) in [5.41, 5.74) is 0.129. The Bertz CT molecular complexity index is 158. The number of allylic oxidation sites excluding steroid dienone is 1. The van der Waals surface area contributed by atoms with Gasteiger partial charge in [-0.2, -0.15) is 0 Å². The van der Waals surface area contributed by atoms with E-state index in [0.29, 0.717) is 0 Å². The van der Waals surface area contributed by atoms with Crippen molar-refractivity contribution in [2.45, 2.75) is 6.42 Å². The SMILES string of the molecule is C=C(CC=CCO)C(=O)O.